The highest BCUT2D eigenvalue weighted by Gasteiger charge is 2.32. The van der Waals surface area contributed by atoms with E-state index in [0.29, 0.717) is 29.2 Å². The van der Waals surface area contributed by atoms with Crippen molar-refractivity contribution in [1.29, 1.82) is 0 Å². The topological polar surface area (TPSA) is 60.2 Å². The van der Waals surface area contributed by atoms with Crippen molar-refractivity contribution in [3.63, 3.8) is 0 Å². The Morgan fingerprint density at radius 2 is 1.80 bits per heavy atom. The molecular formula is C25H18ClF3N4O2. The third-order valence-electron chi connectivity index (χ3n) is 5.60. The first-order valence-corrected chi connectivity index (χ1v) is 11.0. The van der Waals surface area contributed by atoms with E-state index in [9.17, 15) is 18.0 Å². The van der Waals surface area contributed by atoms with Gasteiger partial charge in [-0.15, -0.1) is 13.2 Å². The molecule has 6 nitrogen and oxygen atoms in total. The lowest BCUT2D eigenvalue weighted by Gasteiger charge is -2.16. The number of fused-ring (bicyclic) bond motifs is 1. The first kappa shape index (κ1) is 22.9. The number of hydrogen-bond donors (Lipinski definition) is 0. The van der Waals surface area contributed by atoms with Gasteiger partial charge < -0.3 is 9.64 Å². The van der Waals surface area contributed by atoms with E-state index in [1.54, 1.807) is 34.2 Å². The number of ether oxygens (including phenoxy) is 1. The van der Waals surface area contributed by atoms with Crippen LogP contribution in [0.3, 0.4) is 0 Å². The third-order valence-corrected chi connectivity index (χ3v) is 5.90. The minimum absolute atomic E-state index is 0.223. The van der Waals surface area contributed by atoms with Crippen molar-refractivity contribution in [2.45, 2.75) is 26.0 Å². The van der Waals surface area contributed by atoms with Gasteiger partial charge in [-0.3, -0.25) is 14.5 Å². The highest BCUT2D eigenvalue weighted by atomic mass is 35.5. The molecule has 2 aromatic carbocycles. The van der Waals surface area contributed by atoms with Crippen molar-refractivity contribution in [2.24, 2.45) is 0 Å². The minimum Gasteiger partial charge on any atom is -0.406 e. The Hall–Kier alpha value is -3.85. The Morgan fingerprint density at radius 3 is 2.51 bits per heavy atom. The van der Waals surface area contributed by atoms with Gasteiger partial charge in [0, 0.05) is 37.2 Å². The summed E-state index contributed by atoms with van der Waals surface area (Å²) in [5.74, 6) is -0.534. The average Bonchev–Trinajstić information content (AvgIpc) is 3.39. The fourth-order valence-corrected chi connectivity index (χ4v) is 4.37. The number of hydrogen-bond acceptors (Lipinski definition) is 4. The van der Waals surface area contributed by atoms with Gasteiger partial charge in [0.2, 0.25) is 0 Å². The van der Waals surface area contributed by atoms with Crippen LogP contribution in [0, 0.1) is 0 Å². The Bertz CT molecular complexity index is 1370. The normalized spacial score (nSPS) is 13.3. The van der Waals surface area contributed by atoms with Crippen molar-refractivity contribution in [3.05, 3.63) is 101 Å². The quantitative estimate of drug-likeness (QED) is 0.342. The molecule has 0 unspecified atom stereocenters. The number of nitrogens with zero attached hydrogens (tertiary/aromatic N) is 4. The maximum Gasteiger partial charge on any atom is 0.573 e. The molecule has 1 amide bonds. The summed E-state index contributed by atoms with van der Waals surface area (Å²) in [5, 5.41) is 4.76. The van der Waals surface area contributed by atoms with Crippen molar-refractivity contribution in [1.82, 2.24) is 19.7 Å². The predicted octanol–water partition coefficient (Wildman–Crippen LogP) is 5.70. The molecule has 0 N–H and O–H groups in total. The highest BCUT2D eigenvalue weighted by Crippen LogP contribution is 2.35. The van der Waals surface area contributed by atoms with Gasteiger partial charge in [0.1, 0.15) is 5.75 Å². The maximum atomic E-state index is 13.0. The van der Waals surface area contributed by atoms with Gasteiger partial charge in [-0.05, 0) is 52.6 Å². The molecule has 0 saturated carbocycles. The molecule has 0 saturated heterocycles. The summed E-state index contributed by atoms with van der Waals surface area (Å²) >= 11 is 6.50. The molecule has 2 aromatic heterocycles. The van der Waals surface area contributed by atoms with Gasteiger partial charge >= 0.3 is 6.36 Å². The molecule has 1 aliphatic heterocycles. The van der Waals surface area contributed by atoms with E-state index in [1.165, 1.54) is 24.3 Å². The second-order valence-electron chi connectivity index (χ2n) is 8.13. The van der Waals surface area contributed by atoms with Crippen molar-refractivity contribution in [3.8, 4) is 16.9 Å². The van der Waals surface area contributed by atoms with E-state index in [0.717, 1.165) is 22.3 Å². The third kappa shape index (κ3) is 5.14. The van der Waals surface area contributed by atoms with E-state index < -0.39 is 6.36 Å². The number of carbonyl (C=O) groups is 1. The number of carbonyl (C=O) groups excluding carboxylic acids is 1. The summed E-state index contributed by atoms with van der Waals surface area (Å²) in [6, 6.07) is 13.0. The zero-order valence-corrected chi connectivity index (χ0v) is 18.9. The molecule has 35 heavy (non-hydrogen) atoms. The predicted molar refractivity (Wildman–Crippen MR) is 123 cm³/mol. The van der Waals surface area contributed by atoms with Crippen LogP contribution in [0.5, 0.6) is 5.75 Å². The van der Waals surface area contributed by atoms with Gasteiger partial charge in [-0.1, -0.05) is 29.8 Å². The molecule has 4 aromatic rings. The van der Waals surface area contributed by atoms with E-state index in [2.05, 4.69) is 14.8 Å². The van der Waals surface area contributed by atoms with Crippen LogP contribution < -0.4 is 4.74 Å². The number of pyridine rings is 1. The van der Waals surface area contributed by atoms with E-state index in [-0.39, 0.29) is 18.2 Å². The minimum atomic E-state index is -4.75. The molecule has 5 rings (SSSR count). The number of halogens is 4. The average molecular weight is 499 g/mol. The first-order valence-electron chi connectivity index (χ1n) is 10.6. The van der Waals surface area contributed by atoms with Crippen LogP contribution in [0.1, 0.15) is 27.0 Å². The molecular weight excluding hydrogens is 481 g/mol. The molecule has 0 atom stereocenters. The maximum absolute atomic E-state index is 13.0. The zero-order chi connectivity index (χ0) is 24.6. The number of benzene rings is 2. The molecule has 178 valence electrons. The Morgan fingerprint density at radius 1 is 1.00 bits per heavy atom. The van der Waals surface area contributed by atoms with Crippen molar-refractivity contribution in [2.75, 3.05) is 0 Å². The summed E-state index contributed by atoms with van der Waals surface area (Å²) in [6.45, 7) is 1.15. The molecule has 0 spiro atoms. The van der Waals surface area contributed by atoms with Crippen molar-refractivity contribution >= 4 is 17.5 Å². The van der Waals surface area contributed by atoms with Gasteiger partial charge in [0.15, 0.2) is 0 Å². The largest absolute Gasteiger partial charge is 0.573 e. The second kappa shape index (κ2) is 9.07. The first-order chi connectivity index (χ1) is 16.7. The molecule has 0 radical (unpaired) electrons. The Kier molecular flexibility index (Phi) is 5.94. The standard InChI is InChI=1S/C25H18ClF3N4O2/c26-22-9-18(20-11-31-33(15-20)13-17-2-1-7-30-10-17)8-19-14-32(24(34)23(19)22)12-16-3-5-21(6-4-16)35-25(27,28)29/h1-11,15H,12-14H2. The van der Waals surface area contributed by atoms with Crippen LogP contribution in [-0.4, -0.2) is 31.9 Å². The monoisotopic (exact) mass is 498 g/mol. The molecule has 3 heterocycles. The summed E-state index contributed by atoms with van der Waals surface area (Å²) in [5.41, 5.74) is 4.63. The highest BCUT2D eigenvalue weighted by molar-refractivity contribution is 6.34. The second-order valence-corrected chi connectivity index (χ2v) is 8.54. The smallest absolute Gasteiger partial charge is 0.406 e. The van der Waals surface area contributed by atoms with Crippen LogP contribution in [0.4, 0.5) is 13.2 Å². The molecule has 10 heteroatoms. The molecule has 0 aliphatic carbocycles. The van der Waals surface area contributed by atoms with E-state index in [4.69, 9.17) is 11.6 Å². The fraction of sp³-hybridized carbons (Fsp3) is 0.160. The molecule has 0 bridgehead atoms. The molecule has 1 aliphatic rings. The van der Waals surface area contributed by atoms with Crippen LogP contribution >= 0.6 is 11.6 Å². The van der Waals surface area contributed by atoms with E-state index >= 15 is 0 Å². The summed E-state index contributed by atoms with van der Waals surface area (Å²) in [6.07, 6.45) is 2.40. The van der Waals surface area contributed by atoms with E-state index in [1.807, 2.05) is 24.4 Å². The van der Waals surface area contributed by atoms with Gasteiger partial charge in [0.25, 0.3) is 5.91 Å². The number of aromatic nitrogens is 3. The summed E-state index contributed by atoms with van der Waals surface area (Å²) in [7, 11) is 0. The Labute approximate surface area is 203 Å². The lowest BCUT2D eigenvalue weighted by atomic mass is 10.0. The van der Waals surface area contributed by atoms with Crippen LogP contribution in [-0.2, 0) is 19.6 Å². The van der Waals surface area contributed by atoms with Gasteiger partial charge in [-0.2, -0.15) is 5.10 Å². The number of rotatable bonds is 6. The van der Waals surface area contributed by atoms with Crippen LogP contribution in [0.15, 0.2) is 73.3 Å². The Balaban J connectivity index is 1.31. The van der Waals surface area contributed by atoms with Crippen LogP contribution in [0.2, 0.25) is 5.02 Å². The SMILES string of the molecule is O=C1c2c(Cl)cc(-c3cnn(Cc4cccnc4)c3)cc2CN1Cc1ccc(OC(F)(F)F)cc1. The number of amides is 1. The van der Waals surface area contributed by atoms with Gasteiger partial charge in [-0.25, -0.2) is 0 Å². The summed E-state index contributed by atoms with van der Waals surface area (Å²) < 4.78 is 42.8. The van der Waals surface area contributed by atoms with Gasteiger partial charge in [0.05, 0.1) is 23.3 Å². The lowest BCUT2D eigenvalue weighted by Crippen LogP contribution is -2.23. The summed E-state index contributed by atoms with van der Waals surface area (Å²) in [4.78, 5) is 18.7. The lowest BCUT2D eigenvalue weighted by molar-refractivity contribution is -0.274. The van der Waals surface area contributed by atoms with Crippen molar-refractivity contribution < 1.29 is 22.7 Å². The molecule has 0 fully saturated rings. The van der Waals surface area contributed by atoms with Crippen LogP contribution in [0.25, 0.3) is 11.1 Å². The number of alkyl halides is 3. The fourth-order valence-electron chi connectivity index (χ4n) is 4.05. The zero-order valence-electron chi connectivity index (χ0n) is 18.2.